The van der Waals surface area contributed by atoms with Gasteiger partial charge < -0.3 is 16.0 Å². The monoisotopic (exact) mass is 356 g/mol. The van der Waals surface area contributed by atoms with E-state index in [1.165, 1.54) is 6.42 Å². The third kappa shape index (κ3) is 3.24. The van der Waals surface area contributed by atoms with Crippen molar-refractivity contribution in [3.05, 3.63) is 34.9 Å². The van der Waals surface area contributed by atoms with Gasteiger partial charge in [0.05, 0.1) is 0 Å². The lowest BCUT2D eigenvalue weighted by molar-refractivity contribution is -0.136. The van der Waals surface area contributed by atoms with E-state index in [2.05, 4.69) is 10.6 Å². The molecular weight excluding hydrogens is 332 g/mol. The van der Waals surface area contributed by atoms with Crippen molar-refractivity contribution in [2.24, 2.45) is 17.6 Å². The summed E-state index contributed by atoms with van der Waals surface area (Å²) in [6.07, 6.45) is 1.88. The van der Waals surface area contributed by atoms with E-state index in [1.807, 2.05) is 18.2 Å². The minimum Gasteiger partial charge on any atom is -0.330 e. The number of fused-ring (bicyclic) bond motifs is 1. The number of nitrogens with two attached hydrogens (primary N) is 1. The van der Waals surface area contributed by atoms with Crippen LogP contribution in [0.25, 0.3) is 0 Å². The van der Waals surface area contributed by atoms with Crippen molar-refractivity contribution in [2.45, 2.75) is 38.4 Å². The summed E-state index contributed by atoms with van der Waals surface area (Å²) >= 11 is 0. The molecule has 2 heterocycles. The minimum atomic E-state index is -0.558. The maximum atomic E-state index is 12.6. The summed E-state index contributed by atoms with van der Waals surface area (Å²) in [4.78, 5) is 37.6. The van der Waals surface area contributed by atoms with Gasteiger partial charge in [-0.3, -0.25) is 19.7 Å². The van der Waals surface area contributed by atoms with Crippen LogP contribution in [0.2, 0.25) is 0 Å². The molecular formula is C19H24N4O3. The highest BCUT2D eigenvalue weighted by Crippen LogP contribution is 2.36. The Morgan fingerprint density at radius 2 is 2.08 bits per heavy atom. The zero-order valence-electron chi connectivity index (χ0n) is 14.7. The first kappa shape index (κ1) is 17.2. The molecule has 2 fully saturated rings. The van der Waals surface area contributed by atoms with Crippen LogP contribution in [-0.4, -0.2) is 41.8 Å². The fraction of sp³-hybridized carbons (Fsp3) is 0.526. The number of benzene rings is 1. The third-order valence-corrected chi connectivity index (χ3v) is 5.70. The summed E-state index contributed by atoms with van der Waals surface area (Å²) in [5.41, 5.74) is 8.40. The van der Waals surface area contributed by atoms with Crippen molar-refractivity contribution >= 4 is 17.7 Å². The van der Waals surface area contributed by atoms with E-state index in [1.54, 1.807) is 4.90 Å². The molecule has 1 unspecified atom stereocenters. The Labute approximate surface area is 152 Å². The second kappa shape index (κ2) is 6.81. The van der Waals surface area contributed by atoms with E-state index in [4.69, 9.17) is 5.73 Å². The largest absolute Gasteiger partial charge is 0.330 e. The summed E-state index contributed by atoms with van der Waals surface area (Å²) in [6.45, 7) is 2.92. The van der Waals surface area contributed by atoms with Gasteiger partial charge in [-0.1, -0.05) is 12.1 Å². The minimum absolute atomic E-state index is 0.127. The van der Waals surface area contributed by atoms with Crippen molar-refractivity contribution in [1.82, 2.24) is 15.5 Å². The van der Waals surface area contributed by atoms with Crippen LogP contribution >= 0.6 is 0 Å². The van der Waals surface area contributed by atoms with Gasteiger partial charge in [-0.15, -0.1) is 0 Å². The van der Waals surface area contributed by atoms with Gasteiger partial charge in [-0.2, -0.15) is 0 Å². The van der Waals surface area contributed by atoms with E-state index < -0.39 is 6.04 Å². The van der Waals surface area contributed by atoms with Gasteiger partial charge in [0.15, 0.2) is 0 Å². The van der Waals surface area contributed by atoms with Crippen LogP contribution in [0.1, 0.15) is 40.7 Å². The Balaban J connectivity index is 1.38. The number of rotatable bonds is 6. The molecule has 138 valence electrons. The number of nitrogens with one attached hydrogen (secondary N) is 2. The number of carbonyl (C=O) groups excluding carboxylic acids is 3. The van der Waals surface area contributed by atoms with Gasteiger partial charge in [-0.05, 0) is 55.0 Å². The molecule has 3 atom stereocenters. The van der Waals surface area contributed by atoms with Crippen LogP contribution in [-0.2, 0) is 22.7 Å². The van der Waals surface area contributed by atoms with E-state index in [0.717, 1.165) is 30.8 Å². The quantitative estimate of drug-likeness (QED) is 0.629. The Morgan fingerprint density at radius 3 is 2.81 bits per heavy atom. The lowest BCUT2D eigenvalue weighted by Crippen LogP contribution is -2.52. The zero-order valence-corrected chi connectivity index (χ0v) is 14.7. The first-order chi connectivity index (χ1) is 12.6. The average Bonchev–Trinajstić information content (AvgIpc) is 3.31. The van der Waals surface area contributed by atoms with Gasteiger partial charge in [-0.25, -0.2) is 0 Å². The molecule has 4 N–H and O–H groups in total. The number of carbonyl (C=O) groups is 3. The molecule has 0 spiro atoms. The Morgan fingerprint density at radius 1 is 1.23 bits per heavy atom. The third-order valence-electron chi connectivity index (χ3n) is 5.70. The van der Waals surface area contributed by atoms with Gasteiger partial charge in [0.25, 0.3) is 5.91 Å². The summed E-state index contributed by atoms with van der Waals surface area (Å²) in [5.74, 6) is 0.596. The van der Waals surface area contributed by atoms with Crippen LogP contribution in [0.5, 0.6) is 0 Å². The highest BCUT2D eigenvalue weighted by Gasteiger charge is 2.39. The van der Waals surface area contributed by atoms with Crippen LogP contribution in [0.3, 0.4) is 0 Å². The van der Waals surface area contributed by atoms with Crippen LogP contribution in [0.4, 0.5) is 0 Å². The van der Waals surface area contributed by atoms with E-state index in [0.29, 0.717) is 30.4 Å². The topological polar surface area (TPSA) is 105 Å². The number of imide groups is 1. The molecule has 4 rings (SSSR count). The first-order valence-corrected chi connectivity index (χ1v) is 9.24. The van der Waals surface area contributed by atoms with Gasteiger partial charge in [0.2, 0.25) is 11.8 Å². The summed E-state index contributed by atoms with van der Waals surface area (Å²) in [6, 6.07) is 5.29. The molecule has 1 saturated carbocycles. The fourth-order valence-corrected chi connectivity index (χ4v) is 3.99. The smallest absolute Gasteiger partial charge is 0.255 e. The second-order valence-electron chi connectivity index (χ2n) is 7.51. The number of hydrogen-bond acceptors (Lipinski definition) is 5. The highest BCUT2D eigenvalue weighted by atomic mass is 16.2. The average molecular weight is 356 g/mol. The first-order valence-electron chi connectivity index (χ1n) is 9.24. The molecule has 1 aromatic carbocycles. The van der Waals surface area contributed by atoms with Crippen molar-refractivity contribution in [3.8, 4) is 0 Å². The SMILES string of the molecule is NC[C@@H]1C[C@H]1CNCc1ccc2c(c1)CN(C1CCC(=O)NC1=O)C2=O. The van der Waals surface area contributed by atoms with Crippen LogP contribution in [0, 0.1) is 11.8 Å². The maximum absolute atomic E-state index is 12.6. The molecule has 7 heteroatoms. The predicted molar refractivity (Wildman–Crippen MR) is 94.8 cm³/mol. The molecule has 3 aliphatic rings. The molecule has 1 aliphatic carbocycles. The maximum Gasteiger partial charge on any atom is 0.255 e. The molecule has 7 nitrogen and oxygen atoms in total. The fourth-order valence-electron chi connectivity index (χ4n) is 3.99. The Kier molecular flexibility index (Phi) is 4.50. The lowest BCUT2D eigenvalue weighted by Gasteiger charge is -2.29. The molecule has 3 amide bonds. The van der Waals surface area contributed by atoms with E-state index in [-0.39, 0.29) is 24.1 Å². The summed E-state index contributed by atoms with van der Waals surface area (Å²) < 4.78 is 0. The molecule has 0 bridgehead atoms. The van der Waals surface area contributed by atoms with Crippen molar-refractivity contribution in [2.75, 3.05) is 13.1 Å². The number of hydrogen-bond donors (Lipinski definition) is 3. The Bertz CT molecular complexity index is 763. The number of piperidine rings is 1. The van der Waals surface area contributed by atoms with Crippen LogP contribution in [0.15, 0.2) is 18.2 Å². The number of nitrogens with zero attached hydrogens (tertiary/aromatic N) is 1. The van der Waals surface area contributed by atoms with Gasteiger partial charge in [0.1, 0.15) is 6.04 Å². The molecule has 26 heavy (non-hydrogen) atoms. The predicted octanol–water partition coefficient (Wildman–Crippen LogP) is 0.132. The molecule has 2 aliphatic heterocycles. The molecule has 0 aromatic heterocycles. The highest BCUT2D eigenvalue weighted by molar-refractivity contribution is 6.05. The summed E-state index contributed by atoms with van der Waals surface area (Å²) in [7, 11) is 0. The second-order valence-corrected chi connectivity index (χ2v) is 7.51. The number of amides is 3. The van der Waals surface area contributed by atoms with E-state index >= 15 is 0 Å². The summed E-state index contributed by atoms with van der Waals surface area (Å²) in [5, 5.41) is 5.79. The molecule has 0 radical (unpaired) electrons. The molecule has 1 aromatic rings. The van der Waals surface area contributed by atoms with E-state index in [9.17, 15) is 14.4 Å². The van der Waals surface area contributed by atoms with Gasteiger partial charge in [0, 0.05) is 25.1 Å². The van der Waals surface area contributed by atoms with Crippen molar-refractivity contribution in [3.63, 3.8) is 0 Å². The normalized spacial score (nSPS) is 27.5. The zero-order chi connectivity index (χ0) is 18.3. The Hall–Kier alpha value is -2.25. The van der Waals surface area contributed by atoms with Crippen molar-refractivity contribution in [1.29, 1.82) is 0 Å². The lowest BCUT2D eigenvalue weighted by atomic mass is 10.0. The van der Waals surface area contributed by atoms with Gasteiger partial charge >= 0.3 is 0 Å². The van der Waals surface area contributed by atoms with Crippen molar-refractivity contribution < 1.29 is 14.4 Å². The standard InChI is InChI=1S/C19H24N4O3/c20-7-12-6-13(12)9-21-8-11-1-2-15-14(5-11)10-23(19(15)26)16-3-4-17(24)22-18(16)25/h1-2,5,12-13,16,21H,3-4,6-10,20H2,(H,22,24,25)/t12-,13-,16?/m0/s1. The molecule has 1 saturated heterocycles. The van der Waals surface area contributed by atoms with Crippen LogP contribution < -0.4 is 16.4 Å².